The molecule has 1 fully saturated rings. The van der Waals surface area contributed by atoms with Crippen LogP contribution in [0.4, 0.5) is 4.39 Å². The first-order valence-corrected chi connectivity index (χ1v) is 7.60. The van der Waals surface area contributed by atoms with Crippen LogP contribution >= 0.6 is 15.9 Å². The van der Waals surface area contributed by atoms with Gasteiger partial charge in [0, 0.05) is 23.0 Å². The fraction of sp³-hybridized carbons (Fsp3) is 0.294. The lowest BCUT2D eigenvalue weighted by molar-refractivity contribution is 0.274. The molecule has 20 heavy (non-hydrogen) atoms. The van der Waals surface area contributed by atoms with Crippen molar-refractivity contribution < 1.29 is 4.39 Å². The predicted octanol–water partition coefficient (Wildman–Crippen LogP) is 3.98. The molecule has 104 valence electrons. The van der Waals surface area contributed by atoms with Crippen molar-refractivity contribution in [1.82, 2.24) is 5.32 Å². The Hall–Kier alpha value is -1.19. The molecule has 1 heterocycles. The molecule has 2 aromatic carbocycles. The van der Waals surface area contributed by atoms with Gasteiger partial charge in [-0.15, -0.1) is 0 Å². The van der Waals surface area contributed by atoms with Gasteiger partial charge >= 0.3 is 0 Å². The Morgan fingerprint density at radius 2 is 1.85 bits per heavy atom. The molecule has 3 heteroatoms. The molecule has 1 N–H and O–H groups in total. The molecular weight excluding hydrogens is 317 g/mol. The van der Waals surface area contributed by atoms with Crippen LogP contribution in [-0.4, -0.2) is 13.1 Å². The molecular formula is C17H17BrFN. The summed E-state index contributed by atoms with van der Waals surface area (Å²) >= 11 is 3.48. The first-order valence-electron chi connectivity index (χ1n) is 6.81. The van der Waals surface area contributed by atoms with Gasteiger partial charge in [0.1, 0.15) is 5.82 Å². The zero-order valence-corrected chi connectivity index (χ0v) is 13.0. The van der Waals surface area contributed by atoms with E-state index in [4.69, 9.17) is 0 Å². The number of aryl methyl sites for hydroxylation is 1. The molecule has 0 bridgehead atoms. The maximum absolute atomic E-state index is 13.2. The summed E-state index contributed by atoms with van der Waals surface area (Å²) in [6, 6.07) is 13.7. The van der Waals surface area contributed by atoms with Crippen molar-refractivity contribution in [2.45, 2.75) is 18.8 Å². The van der Waals surface area contributed by atoms with Crippen LogP contribution in [0.25, 0.3) is 0 Å². The van der Waals surface area contributed by atoms with E-state index in [0.29, 0.717) is 0 Å². The molecule has 1 aliphatic rings. The summed E-state index contributed by atoms with van der Waals surface area (Å²) in [5.74, 6) is -0.157. The quantitative estimate of drug-likeness (QED) is 0.895. The molecule has 1 saturated heterocycles. The summed E-state index contributed by atoms with van der Waals surface area (Å²) in [4.78, 5) is 0. The predicted molar refractivity (Wildman–Crippen MR) is 83.5 cm³/mol. The zero-order chi connectivity index (χ0) is 14.2. The van der Waals surface area contributed by atoms with Gasteiger partial charge in [-0.05, 0) is 54.3 Å². The molecule has 0 spiro atoms. The van der Waals surface area contributed by atoms with Crippen LogP contribution in [0.1, 0.15) is 16.7 Å². The lowest BCUT2D eigenvalue weighted by Gasteiger charge is -2.44. The SMILES string of the molecule is Cc1cc(F)ccc1CC1(c2ccc(Br)cc2)CNC1. The number of nitrogens with one attached hydrogen (secondary N) is 1. The Morgan fingerprint density at radius 1 is 1.15 bits per heavy atom. The third-order valence-electron chi connectivity index (χ3n) is 4.22. The van der Waals surface area contributed by atoms with E-state index < -0.39 is 0 Å². The van der Waals surface area contributed by atoms with Crippen molar-refractivity contribution in [1.29, 1.82) is 0 Å². The summed E-state index contributed by atoms with van der Waals surface area (Å²) in [5.41, 5.74) is 3.76. The van der Waals surface area contributed by atoms with E-state index in [1.807, 2.05) is 13.0 Å². The zero-order valence-electron chi connectivity index (χ0n) is 11.4. The van der Waals surface area contributed by atoms with Gasteiger partial charge in [0.25, 0.3) is 0 Å². The van der Waals surface area contributed by atoms with Crippen molar-refractivity contribution in [3.63, 3.8) is 0 Å². The van der Waals surface area contributed by atoms with Gasteiger partial charge < -0.3 is 5.32 Å². The third-order valence-corrected chi connectivity index (χ3v) is 4.75. The molecule has 0 aliphatic carbocycles. The van der Waals surface area contributed by atoms with Crippen LogP contribution in [0.2, 0.25) is 0 Å². The molecule has 0 radical (unpaired) electrons. The van der Waals surface area contributed by atoms with Gasteiger partial charge in [0.2, 0.25) is 0 Å². The van der Waals surface area contributed by atoms with Crippen molar-refractivity contribution in [3.05, 3.63) is 69.4 Å². The first-order chi connectivity index (χ1) is 9.59. The highest BCUT2D eigenvalue weighted by atomic mass is 79.9. The monoisotopic (exact) mass is 333 g/mol. The van der Waals surface area contributed by atoms with Crippen LogP contribution in [0.5, 0.6) is 0 Å². The highest BCUT2D eigenvalue weighted by Crippen LogP contribution is 2.34. The smallest absolute Gasteiger partial charge is 0.123 e. The molecule has 0 saturated carbocycles. The average molecular weight is 334 g/mol. The van der Waals surface area contributed by atoms with Crippen LogP contribution in [0.3, 0.4) is 0 Å². The Bertz CT molecular complexity index is 617. The first kappa shape index (κ1) is 13.8. The van der Waals surface area contributed by atoms with E-state index in [2.05, 4.69) is 45.5 Å². The van der Waals surface area contributed by atoms with Gasteiger partial charge in [-0.2, -0.15) is 0 Å². The Kier molecular flexibility index (Phi) is 3.65. The molecule has 3 rings (SSSR count). The molecule has 0 atom stereocenters. The number of hydrogen-bond acceptors (Lipinski definition) is 1. The maximum Gasteiger partial charge on any atom is 0.123 e. The average Bonchev–Trinajstić information content (AvgIpc) is 2.37. The molecule has 1 nitrogen and oxygen atoms in total. The van der Waals surface area contributed by atoms with Gasteiger partial charge in [-0.1, -0.05) is 34.1 Å². The van der Waals surface area contributed by atoms with Crippen LogP contribution in [0, 0.1) is 12.7 Å². The second-order valence-electron chi connectivity index (χ2n) is 5.64. The number of rotatable bonds is 3. The molecule has 0 aromatic heterocycles. The van der Waals surface area contributed by atoms with E-state index in [1.165, 1.54) is 11.1 Å². The van der Waals surface area contributed by atoms with E-state index >= 15 is 0 Å². The van der Waals surface area contributed by atoms with Crippen molar-refractivity contribution in [2.24, 2.45) is 0 Å². The third kappa shape index (κ3) is 2.52. The summed E-state index contributed by atoms with van der Waals surface area (Å²) in [5, 5.41) is 3.38. The Morgan fingerprint density at radius 3 is 2.40 bits per heavy atom. The summed E-state index contributed by atoms with van der Waals surface area (Å²) < 4.78 is 14.3. The fourth-order valence-corrected chi connectivity index (χ4v) is 3.15. The topological polar surface area (TPSA) is 12.0 Å². The maximum atomic E-state index is 13.2. The van der Waals surface area contributed by atoms with Crippen molar-refractivity contribution >= 4 is 15.9 Å². The minimum atomic E-state index is -0.157. The normalized spacial score (nSPS) is 16.8. The molecule has 0 amide bonds. The number of benzene rings is 2. The standard InChI is InChI=1S/C17H17BrFN/c1-12-8-16(19)7-2-13(12)9-17(10-20-11-17)14-3-5-15(18)6-4-14/h2-8,20H,9-11H2,1H3. The fourth-order valence-electron chi connectivity index (χ4n) is 2.88. The highest BCUT2D eigenvalue weighted by molar-refractivity contribution is 9.10. The second-order valence-corrected chi connectivity index (χ2v) is 6.55. The lowest BCUT2D eigenvalue weighted by Crippen LogP contribution is -2.58. The van der Waals surface area contributed by atoms with Gasteiger partial charge in [0.15, 0.2) is 0 Å². The summed E-state index contributed by atoms with van der Waals surface area (Å²) in [7, 11) is 0. The highest BCUT2D eigenvalue weighted by Gasteiger charge is 2.38. The van der Waals surface area contributed by atoms with E-state index in [9.17, 15) is 4.39 Å². The van der Waals surface area contributed by atoms with Crippen LogP contribution < -0.4 is 5.32 Å². The van der Waals surface area contributed by atoms with E-state index in [-0.39, 0.29) is 11.2 Å². The Balaban J connectivity index is 1.91. The van der Waals surface area contributed by atoms with E-state index in [1.54, 1.807) is 12.1 Å². The van der Waals surface area contributed by atoms with Crippen molar-refractivity contribution in [2.75, 3.05) is 13.1 Å². The van der Waals surface area contributed by atoms with Crippen LogP contribution in [0.15, 0.2) is 46.9 Å². The summed E-state index contributed by atoms with van der Waals surface area (Å²) in [6.07, 6.45) is 0.952. The summed E-state index contributed by atoms with van der Waals surface area (Å²) in [6.45, 7) is 3.94. The number of halogens is 2. The minimum Gasteiger partial charge on any atom is -0.315 e. The van der Waals surface area contributed by atoms with Gasteiger partial charge in [-0.25, -0.2) is 4.39 Å². The second kappa shape index (κ2) is 5.30. The van der Waals surface area contributed by atoms with Crippen molar-refractivity contribution in [3.8, 4) is 0 Å². The number of hydrogen-bond donors (Lipinski definition) is 1. The molecule has 2 aromatic rings. The van der Waals surface area contributed by atoms with Gasteiger partial charge in [-0.3, -0.25) is 0 Å². The lowest BCUT2D eigenvalue weighted by atomic mass is 9.70. The van der Waals surface area contributed by atoms with E-state index in [0.717, 1.165) is 29.5 Å². The Labute approximate surface area is 127 Å². The minimum absolute atomic E-state index is 0.142. The molecule has 1 aliphatic heterocycles. The molecule has 0 unspecified atom stereocenters. The van der Waals surface area contributed by atoms with Gasteiger partial charge in [0.05, 0.1) is 0 Å². The largest absolute Gasteiger partial charge is 0.315 e. The van der Waals surface area contributed by atoms with Crippen LogP contribution in [-0.2, 0) is 11.8 Å².